The van der Waals surface area contributed by atoms with Gasteiger partial charge in [-0.2, -0.15) is 23.1 Å². The molecule has 2 saturated carbocycles. The number of rotatable bonds is 6. The second kappa shape index (κ2) is 14.3. The van der Waals surface area contributed by atoms with Crippen LogP contribution in [0.15, 0.2) is 30.6 Å². The molecular weight excluding hydrogens is 637 g/mol. The van der Waals surface area contributed by atoms with Crippen molar-refractivity contribution < 1.29 is 22.4 Å². The number of hydrogen-bond acceptors (Lipinski definition) is 7. The van der Waals surface area contributed by atoms with Gasteiger partial charge in [-0.3, -0.25) is 0 Å². The summed E-state index contributed by atoms with van der Waals surface area (Å²) in [7, 11) is 0. The fraction of sp³-hybridized carbons (Fsp3) is 0.655. The molecule has 2 unspecified atom stereocenters. The summed E-state index contributed by atoms with van der Waals surface area (Å²) < 4.78 is 57.3. The van der Waals surface area contributed by atoms with Crippen molar-refractivity contribution in [3.63, 3.8) is 0 Å². The summed E-state index contributed by atoms with van der Waals surface area (Å²) >= 11 is 0. The molecule has 0 spiro atoms. The van der Waals surface area contributed by atoms with Crippen molar-refractivity contribution >= 4 is 53.8 Å². The number of nitrogens with one attached hydrogen (secondary N) is 3. The van der Waals surface area contributed by atoms with E-state index in [1.165, 1.54) is 23.8 Å². The molecule has 3 fully saturated rings. The van der Waals surface area contributed by atoms with Crippen molar-refractivity contribution in [2.45, 2.75) is 106 Å². The Labute approximate surface area is 271 Å². The number of likely N-dealkylation sites (tertiary alicyclic amines) is 1. The SMILES string of the molecule is Cl.Cl.NC1CCC(Nc2nc(NC3CCN(C(=O)NC4C=CC=CC4(F)C(F)(F)F)CC3)c3ncn(C4CCCC4)c3n2)CC1. The molecule has 2 atom stereocenters. The monoisotopic (exact) mass is 677 g/mol. The van der Waals surface area contributed by atoms with Gasteiger partial charge in [0.25, 0.3) is 0 Å². The third kappa shape index (κ3) is 7.43. The van der Waals surface area contributed by atoms with Crippen LogP contribution < -0.4 is 21.7 Å². The van der Waals surface area contributed by atoms with Crippen molar-refractivity contribution in [3.8, 4) is 0 Å². The van der Waals surface area contributed by atoms with E-state index in [0.29, 0.717) is 55.3 Å². The maximum Gasteiger partial charge on any atom is 0.428 e. The molecule has 2 aromatic rings. The highest BCUT2D eigenvalue weighted by Gasteiger charge is 2.59. The molecular formula is C29H41Cl2F4N9O. The van der Waals surface area contributed by atoms with E-state index in [2.05, 4.69) is 25.5 Å². The summed E-state index contributed by atoms with van der Waals surface area (Å²) in [6.45, 7) is 0.582. The number of carbonyl (C=O) groups is 1. The Kier molecular flexibility index (Phi) is 11.1. The average molecular weight is 679 g/mol. The van der Waals surface area contributed by atoms with Crippen LogP contribution >= 0.6 is 24.8 Å². The average Bonchev–Trinajstić information content (AvgIpc) is 3.66. The second-order valence-electron chi connectivity index (χ2n) is 12.3. The maximum atomic E-state index is 14.9. The van der Waals surface area contributed by atoms with E-state index < -0.39 is 23.9 Å². The number of aromatic nitrogens is 4. The fourth-order valence-corrected chi connectivity index (χ4v) is 6.66. The predicted octanol–water partition coefficient (Wildman–Crippen LogP) is 5.82. The van der Waals surface area contributed by atoms with Crippen molar-refractivity contribution in [3.05, 3.63) is 30.6 Å². The van der Waals surface area contributed by atoms with Crippen LogP contribution in [0, 0.1) is 0 Å². The summed E-state index contributed by atoms with van der Waals surface area (Å²) in [5, 5.41) is 9.26. The zero-order valence-electron chi connectivity index (χ0n) is 24.8. The molecule has 3 heterocycles. The largest absolute Gasteiger partial charge is 0.428 e. The summed E-state index contributed by atoms with van der Waals surface area (Å²) in [6.07, 6.45) is 9.85. The first-order valence-corrected chi connectivity index (χ1v) is 15.3. The van der Waals surface area contributed by atoms with E-state index in [9.17, 15) is 22.4 Å². The van der Waals surface area contributed by atoms with Gasteiger partial charge in [0, 0.05) is 37.3 Å². The number of nitrogens with zero attached hydrogens (tertiary/aromatic N) is 5. The van der Waals surface area contributed by atoms with Crippen LogP contribution in [0.25, 0.3) is 11.2 Å². The van der Waals surface area contributed by atoms with Crippen molar-refractivity contribution in [1.29, 1.82) is 0 Å². The molecule has 2 amide bonds. The van der Waals surface area contributed by atoms with Gasteiger partial charge in [-0.25, -0.2) is 14.2 Å². The van der Waals surface area contributed by atoms with Crippen LogP contribution in [-0.4, -0.2) is 79.6 Å². The molecule has 2 aromatic heterocycles. The first-order chi connectivity index (χ1) is 20.6. The van der Waals surface area contributed by atoms with Gasteiger partial charge in [-0.05, 0) is 57.4 Å². The van der Waals surface area contributed by atoms with E-state index >= 15 is 0 Å². The number of urea groups is 1. The van der Waals surface area contributed by atoms with E-state index in [0.717, 1.165) is 56.3 Å². The van der Waals surface area contributed by atoms with E-state index in [-0.39, 0.29) is 42.9 Å². The molecule has 4 aliphatic rings. The van der Waals surface area contributed by atoms with E-state index in [1.54, 1.807) is 0 Å². The van der Waals surface area contributed by atoms with Gasteiger partial charge in [-0.15, -0.1) is 24.8 Å². The molecule has 1 saturated heterocycles. The highest BCUT2D eigenvalue weighted by atomic mass is 35.5. The third-order valence-electron chi connectivity index (χ3n) is 9.29. The van der Waals surface area contributed by atoms with Crippen LogP contribution in [0.2, 0.25) is 0 Å². The number of carbonyl (C=O) groups excluding carboxylic acids is 1. The lowest BCUT2D eigenvalue weighted by molar-refractivity contribution is -0.216. The summed E-state index contributed by atoms with van der Waals surface area (Å²) in [5.74, 6) is 1.16. The first kappa shape index (κ1) is 35.0. The number of amides is 2. The molecule has 3 aliphatic carbocycles. The Hall–Kier alpha value is -2.84. The minimum absolute atomic E-state index is 0. The first-order valence-electron chi connectivity index (χ1n) is 15.3. The molecule has 6 rings (SSSR count). The van der Waals surface area contributed by atoms with Gasteiger partial charge >= 0.3 is 12.2 Å². The lowest BCUT2D eigenvalue weighted by Gasteiger charge is -2.37. The number of alkyl halides is 4. The number of piperidine rings is 1. The number of anilines is 2. The van der Waals surface area contributed by atoms with Crippen molar-refractivity contribution in [1.82, 2.24) is 29.7 Å². The number of imidazole rings is 1. The zero-order valence-corrected chi connectivity index (χ0v) is 26.4. The number of fused-ring (bicyclic) bond motifs is 1. The molecule has 16 heteroatoms. The molecule has 0 aromatic carbocycles. The van der Waals surface area contributed by atoms with Crippen LogP contribution in [0.1, 0.15) is 70.3 Å². The summed E-state index contributed by atoms with van der Waals surface area (Å²) in [5.41, 5.74) is 3.91. The van der Waals surface area contributed by atoms with E-state index in [4.69, 9.17) is 15.7 Å². The van der Waals surface area contributed by atoms with Crippen LogP contribution in [-0.2, 0) is 0 Å². The van der Waals surface area contributed by atoms with Crippen molar-refractivity contribution in [2.24, 2.45) is 5.73 Å². The van der Waals surface area contributed by atoms with Crippen molar-refractivity contribution in [2.75, 3.05) is 23.7 Å². The smallest absolute Gasteiger partial charge is 0.365 e. The Morgan fingerprint density at radius 2 is 1.60 bits per heavy atom. The highest BCUT2D eigenvalue weighted by Crippen LogP contribution is 2.40. The molecule has 0 radical (unpaired) electrons. The van der Waals surface area contributed by atoms with Gasteiger partial charge in [0.15, 0.2) is 17.0 Å². The second-order valence-corrected chi connectivity index (χ2v) is 12.3. The van der Waals surface area contributed by atoms with Crippen LogP contribution in [0.3, 0.4) is 0 Å². The molecule has 1 aliphatic heterocycles. The standard InChI is InChI=1S/C29H39F4N9O.2ClH/c30-28(29(31,32)33)14-4-3-7-22(28)38-27(43)41-15-12-20(13-16-41)36-24-23-25(42(17-35-23)21-5-1-2-6-21)40-26(39-24)37-19-10-8-18(34)9-11-19;;/h3-4,7,14,17-22H,1-2,5-6,8-13,15-16,34H2,(H,38,43)(H2,36,37,39,40);2*1H. The Balaban J connectivity index is 0.00000230. The quantitative estimate of drug-likeness (QED) is 0.284. The molecule has 10 nitrogen and oxygen atoms in total. The Bertz CT molecular complexity index is 1370. The van der Waals surface area contributed by atoms with Crippen LogP contribution in [0.4, 0.5) is 34.1 Å². The summed E-state index contributed by atoms with van der Waals surface area (Å²) in [6, 6.07) is -1.79. The molecule has 0 bridgehead atoms. The summed E-state index contributed by atoms with van der Waals surface area (Å²) in [4.78, 5) is 28.7. The third-order valence-corrected chi connectivity index (χ3v) is 9.29. The number of allylic oxidation sites excluding steroid dienone is 2. The fourth-order valence-electron chi connectivity index (χ4n) is 6.66. The van der Waals surface area contributed by atoms with E-state index in [1.807, 2.05) is 6.33 Å². The Morgan fingerprint density at radius 1 is 0.933 bits per heavy atom. The topological polar surface area (TPSA) is 126 Å². The van der Waals surface area contributed by atoms with Crippen LogP contribution in [0.5, 0.6) is 0 Å². The minimum atomic E-state index is -5.16. The lowest BCUT2D eigenvalue weighted by Crippen LogP contribution is -2.59. The molecule has 5 N–H and O–H groups in total. The number of nitrogens with two attached hydrogens (primary N) is 1. The van der Waals surface area contributed by atoms with Gasteiger partial charge in [0.2, 0.25) is 11.6 Å². The molecule has 250 valence electrons. The zero-order chi connectivity index (χ0) is 30.2. The number of hydrogen-bond donors (Lipinski definition) is 4. The molecule has 45 heavy (non-hydrogen) atoms. The number of halogens is 6. The van der Waals surface area contributed by atoms with Gasteiger partial charge in [0.1, 0.15) is 0 Å². The van der Waals surface area contributed by atoms with Gasteiger partial charge < -0.3 is 31.2 Å². The normalized spacial score (nSPS) is 27.6. The lowest BCUT2D eigenvalue weighted by atomic mass is 9.91. The maximum absolute atomic E-state index is 14.9. The predicted molar refractivity (Wildman–Crippen MR) is 170 cm³/mol. The van der Waals surface area contributed by atoms with Gasteiger partial charge in [0.05, 0.1) is 12.4 Å². The Morgan fingerprint density at radius 3 is 2.27 bits per heavy atom. The minimum Gasteiger partial charge on any atom is -0.365 e. The van der Waals surface area contributed by atoms with Gasteiger partial charge in [-0.1, -0.05) is 31.1 Å². The highest BCUT2D eigenvalue weighted by molar-refractivity contribution is 5.86.